The van der Waals surface area contributed by atoms with Gasteiger partial charge in [0.15, 0.2) is 0 Å². The van der Waals surface area contributed by atoms with Crippen LogP contribution < -0.4 is 5.73 Å². The highest BCUT2D eigenvalue weighted by atomic mass is 16.3. The smallest absolute Gasteiger partial charge is 0.0641 e. The fourth-order valence-electron chi connectivity index (χ4n) is 2.93. The second-order valence-electron chi connectivity index (χ2n) is 5.56. The van der Waals surface area contributed by atoms with Crippen LogP contribution in [-0.4, -0.2) is 17.8 Å². The van der Waals surface area contributed by atoms with Crippen LogP contribution in [0, 0.1) is 16.7 Å². The lowest BCUT2D eigenvalue weighted by atomic mass is 9.73. The van der Waals surface area contributed by atoms with Crippen molar-refractivity contribution < 1.29 is 5.11 Å². The summed E-state index contributed by atoms with van der Waals surface area (Å²) in [5.41, 5.74) is 6.13. The maximum absolute atomic E-state index is 10.2. The number of rotatable bonds is 3. The predicted octanol–water partition coefficient (Wildman–Crippen LogP) is 1.52. The third-order valence-corrected chi connectivity index (χ3v) is 4.51. The molecular formula is C11H21NO. The highest BCUT2D eigenvalue weighted by Gasteiger charge is 2.65. The molecule has 2 nitrogen and oxygen atoms in total. The summed E-state index contributed by atoms with van der Waals surface area (Å²) in [4.78, 5) is 0. The monoisotopic (exact) mass is 183 g/mol. The molecule has 2 rings (SSSR count). The fourth-order valence-corrected chi connectivity index (χ4v) is 2.93. The highest BCUT2D eigenvalue weighted by Crippen LogP contribution is 2.66. The minimum Gasteiger partial charge on any atom is -0.392 e. The number of aliphatic hydroxyl groups excluding tert-OH is 1. The Balaban J connectivity index is 2.05. The van der Waals surface area contributed by atoms with Gasteiger partial charge in [-0.15, -0.1) is 0 Å². The van der Waals surface area contributed by atoms with Crippen LogP contribution in [0.3, 0.4) is 0 Å². The Kier molecular flexibility index (Phi) is 1.97. The molecule has 0 aliphatic heterocycles. The van der Waals surface area contributed by atoms with Crippen molar-refractivity contribution in [1.82, 2.24) is 0 Å². The van der Waals surface area contributed by atoms with Crippen molar-refractivity contribution in [2.24, 2.45) is 22.5 Å². The van der Waals surface area contributed by atoms with E-state index in [0.717, 1.165) is 6.42 Å². The molecule has 0 bridgehead atoms. The zero-order valence-electron chi connectivity index (χ0n) is 8.71. The van der Waals surface area contributed by atoms with Gasteiger partial charge in [-0.05, 0) is 30.6 Å². The molecule has 0 saturated heterocycles. The van der Waals surface area contributed by atoms with Crippen LogP contribution in [0.5, 0.6) is 0 Å². The van der Waals surface area contributed by atoms with Gasteiger partial charge in [0.25, 0.3) is 0 Å². The summed E-state index contributed by atoms with van der Waals surface area (Å²) in [7, 11) is 0. The molecule has 76 valence electrons. The first kappa shape index (κ1) is 9.47. The maximum Gasteiger partial charge on any atom is 0.0641 e. The van der Waals surface area contributed by atoms with E-state index >= 15 is 0 Å². The van der Waals surface area contributed by atoms with E-state index in [1.54, 1.807) is 0 Å². The Bertz CT molecular complexity index is 210. The lowest BCUT2D eigenvalue weighted by molar-refractivity contribution is -0.00790. The molecule has 0 spiro atoms. The molecule has 0 aromatic heterocycles. The normalized spacial score (nSPS) is 39.7. The number of aliphatic hydroxyl groups is 1. The van der Waals surface area contributed by atoms with Crippen molar-refractivity contribution in [2.75, 3.05) is 6.54 Å². The van der Waals surface area contributed by atoms with Crippen LogP contribution in [0.4, 0.5) is 0 Å². The van der Waals surface area contributed by atoms with Crippen molar-refractivity contribution in [3.63, 3.8) is 0 Å². The van der Waals surface area contributed by atoms with Gasteiger partial charge in [0, 0.05) is 12.0 Å². The molecule has 2 unspecified atom stereocenters. The molecule has 0 aromatic carbocycles. The second kappa shape index (κ2) is 2.71. The third kappa shape index (κ3) is 1.15. The maximum atomic E-state index is 10.2. The molecule has 0 amide bonds. The predicted molar refractivity (Wildman–Crippen MR) is 53.2 cm³/mol. The van der Waals surface area contributed by atoms with Crippen molar-refractivity contribution in [2.45, 2.75) is 45.6 Å². The molecule has 2 aliphatic carbocycles. The molecule has 0 aromatic rings. The largest absolute Gasteiger partial charge is 0.392 e. The van der Waals surface area contributed by atoms with Gasteiger partial charge in [-0.25, -0.2) is 0 Å². The molecule has 2 atom stereocenters. The zero-order valence-corrected chi connectivity index (χ0v) is 8.71. The number of nitrogens with two attached hydrogens (primary N) is 1. The van der Waals surface area contributed by atoms with Gasteiger partial charge < -0.3 is 10.8 Å². The lowest BCUT2D eigenvalue weighted by Crippen LogP contribution is -2.41. The molecular weight excluding hydrogens is 162 g/mol. The van der Waals surface area contributed by atoms with Gasteiger partial charge >= 0.3 is 0 Å². The Hall–Kier alpha value is -0.0800. The van der Waals surface area contributed by atoms with Crippen molar-refractivity contribution >= 4 is 0 Å². The lowest BCUT2D eigenvalue weighted by Gasteiger charge is -2.37. The molecule has 0 heterocycles. The zero-order chi connectivity index (χ0) is 9.69. The molecule has 2 heteroatoms. The Morgan fingerprint density at radius 1 is 1.46 bits per heavy atom. The quantitative estimate of drug-likeness (QED) is 0.697. The Morgan fingerprint density at radius 3 is 2.23 bits per heavy atom. The summed E-state index contributed by atoms with van der Waals surface area (Å²) in [5.74, 6) is 0.547. The summed E-state index contributed by atoms with van der Waals surface area (Å²) in [5, 5.41) is 10.2. The van der Waals surface area contributed by atoms with E-state index < -0.39 is 0 Å². The van der Waals surface area contributed by atoms with E-state index in [9.17, 15) is 5.11 Å². The van der Waals surface area contributed by atoms with E-state index in [-0.39, 0.29) is 16.9 Å². The Labute approximate surface area is 80.5 Å². The van der Waals surface area contributed by atoms with Gasteiger partial charge in [0.05, 0.1) is 6.10 Å². The van der Waals surface area contributed by atoms with Gasteiger partial charge in [-0.2, -0.15) is 0 Å². The van der Waals surface area contributed by atoms with Crippen LogP contribution in [0.1, 0.15) is 39.5 Å². The van der Waals surface area contributed by atoms with E-state index in [4.69, 9.17) is 5.73 Å². The average molecular weight is 183 g/mol. The van der Waals surface area contributed by atoms with Crippen molar-refractivity contribution in [1.29, 1.82) is 0 Å². The average Bonchev–Trinajstić information content (AvgIpc) is 2.51. The minimum absolute atomic E-state index is 0.0537. The molecule has 0 radical (unpaired) electrons. The van der Waals surface area contributed by atoms with Crippen molar-refractivity contribution in [3.8, 4) is 0 Å². The summed E-state index contributed by atoms with van der Waals surface area (Å²) in [6.45, 7) is 5.10. The van der Waals surface area contributed by atoms with E-state index in [1.165, 1.54) is 19.3 Å². The van der Waals surface area contributed by atoms with Crippen LogP contribution >= 0.6 is 0 Å². The summed E-state index contributed by atoms with van der Waals surface area (Å²) in [6.07, 6.45) is 4.68. The van der Waals surface area contributed by atoms with Gasteiger partial charge in [-0.3, -0.25) is 0 Å². The van der Waals surface area contributed by atoms with Crippen molar-refractivity contribution in [3.05, 3.63) is 0 Å². The van der Waals surface area contributed by atoms with Crippen LogP contribution in [0.25, 0.3) is 0 Å². The molecule has 2 fully saturated rings. The Morgan fingerprint density at radius 2 is 2.00 bits per heavy atom. The van der Waals surface area contributed by atoms with Crippen LogP contribution in [-0.2, 0) is 0 Å². The van der Waals surface area contributed by atoms with Gasteiger partial charge in [0.2, 0.25) is 0 Å². The first-order valence-electron chi connectivity index (χ1n) is 5.42. The topological polar surface area (TPSA) is 46.2 Å². The summed E-state index contributed by atoms with van der Waals surface area (Å²) < 4.78 is 0. The van der Waals surface area contributed by atoms with E-state index in [0.29, 0.717) is 12.5 Å². The number of hydrogen-bond acceptors (Lipinski definition) is 2. The van der Waals surface area contributed by atoms with E-state index in [1.807, 2.05) is 0 Å². The molecule has 3 N–H and O–H groups in total. The van der Waals surface area contributed by atoms with Crippen LogP contribution in [0.2, 0.25) is 0 Å². The third-order valence-electron chi connectivity index (χ3n) is 4.51. The summed E-state index contributed by atoms with van der Waals surface area (Å²) >= 11 is 0. The molecule has 2 aliphatic rings. The van der Waals surface area contributed by atoms with Gasteiger partial charge in [0.1, 0.15) is 0 Å². The molecule has 2 saturated carbocycles. The number of hydrogen-bond donors (Lipinski definition) is 2. The SMILES string of the molecule is CC1(C)CC1(CN)C(O)C1CCC1. The first-order chi connectivity index (χ1) is 6.03. The molecule has 13 heavy (non-hydrogen) atoms. The fraction of sp³-hybridized carbons (Fsp3) is 1.00. The second-order valence-corrected chi connectivity index (χ2v) is 5.56. The standard InChI is InChI=1S/C11H21NO/c1-10(2)6-11(10,7-12)9(13)8-4-3-5-8/h8-9,13H,3-7,12H2,1-2H3. The minimum atomic E-state index is -0.138. The summed E-state index contributed by atoms with van der Waals surface area (Å²) in [6, 6.07) is 0. The van der Waals surface area contributed by atoms with Crippen LogP contribution in [0.15, 0.2) is 0 Å². The van der Waals surface area contributed by atoms with Gasteiger partial charge in [-0.1, -0.05) is 20.3 Å². The highest BCUT2D eigenvalue weighted by molar-refractivity contribution is 5.15. The van der Waals surface area contributed by atoms with E-state index in [2.05, 4.69) is 13.8 Å². The first-order valence-corrected chi connectivity index (χ1v) is 5.42.